The molecule has 10 nitrogen and oxygen atoms in total. The van der Waals surface area contributed by atoms with Crippen LogP contribution in [0.4, 0.5) is 26.1 Å². The lowest BCUT2D eigenvalue weighted by Crippen LogP contribution is -2.35. The maximum atomic E-state index is 15.3. The van der Waals surface area contributed by atoms with E-state index in [4.69, 9.17) is 17.3 Å². The fourth-order valence-corrected chi connectivity index (χ4v) is 3.43. The van der Waals surface area contributed by atoms with Crippen LogP contribution in [0.5, 0.6) is 0 Å². The number of anilines is 3. The Morgan fingerprint density at radius 3 is 2.58 bits per heavy atom. The standard InChI is InChI=1S/C19H23F2N9O/c1-11-14(28-31-27-11)10-30(24)17-15(23)16(29-8-7-13(22)9-29)25-18(26-17)19(20,21)12-5-3-2-4-6-12/h2-6,13H,7-10,22-24H2,1H3. The first kappa shape index (κ1) is 20.9. The number of halogens is 2. The van der Waals surface area contributed by atoms with E-state index in [0.29, 0.717) is 30.9 Å². The van der Waals surface area contributed by atoms with Gasteiger partial charge in [0.25, 0.3) is 0 Å². The van der Waals surface area contributed by atoms with E-state index in [1.807, 2.05) is 0 Å². The topological polar surface area (TPSA) is 149 Å². The average molecular weight is 431 g/mol. The Bertz CT molecular complexity index is 1060. The average Bonchev–Trinajstić information content (AvgIpc) is 3.36. The van der Waals surface area contributed by atoms with Crippen LogP contribution in [0.2, 0.25) is 0 Å². The zero-order valence-corrected chi connectivity index (χ0v) is 16.9. The van der Waals surface area contributed by atoms with Gasteiger partial charge in [0.1, 0.15) is 17.1 Å². The lowest BCUT2D eigenvalue weighted by atomic mass is 10.1. The zero-order valence-electron chi connectivity index (χ0n) is 16.9. The van der Waals surface area contributed by atoms with Gasteiger partial charge in [0.2, 0.25) is 5.82 Å². The highest BCUT2D eigenvalue weighted by Gasteiger charge is 2.40. The summed E-state index contributed by atoms with van der Waals surface area (Å²) in [5.41, 5.74) is 13.1. The predicted molar refractivity (Wildman–Crippen MR) is 110 cm³/mol. The second kappa shape index (κ2) is 8.04. The van der Waals surface area contributed by atoms with Crippen LogP contribution in [-0.4, -0.2) is 39.4 Å². The minimum absolute atomic E-state index is 0.00580. The zero-order chi connectivity index (χ0) is 22.2. The van der Waals surface area contributed by atoms with Crippen LogP contribution in [0.15, 0.2) is 35.0 Å². The van der Waals surface area contributed by atoms with Gasteiger partial charge in [-0.15, -0.1) is 0 Å². The summed E-state index contributed by atoms with van der Waals surface area (Å²) in [5, 5.41) is 8.60. The predicted octanol–water partition coefficient (Wildman–Crippen LogP) is 1.31. The molecule has 1 aliphatic rings. The van der Waals surface area contributed by atoms with Crippen molar-refractivity contribution < 1.29 is 13.4 Å². The number of hydrogen-bond donors (Lipinski definition) is 3. The van der Waals surface area contributed by atoms with Gasteiger partial charge in [0, 0.05) is 24.7 Å². The van der Waals surface area contributed by atoms with E-state index in [1.54, 1.807) is 17.9 Å². The van der Waals surface area contributed by atoms with Gasteiger partial charge in [-0.2, -0.15) is 8.78 Å². The van der Waals surface area contributed by atoms with Crippen LogP contribution in [-0.2, 0) is 12.5 Å². The minimum Gasteiger partial charge on any atom is -0.393 e. The summed E-state index contributed by atoms with van der Waals surface area (Å²) in [6.07, 6.45) is 0.694. The van der Waals surface area contributed by atoms with Crippen molar-refractivity contribution >= 4 is 17.3 Å². The Labute approximate surface area is 177 Å². The molecule has 0 saturated carbocycles. The van der Waals surface area contributed by atoms with Crippen molar-refractivity contribution in [2.24, 2.45) is 11.6 Å². The van der Waals surface area contributed by atoms with Gasteiger partial charge in [0.15, 0.2) is 11.6 Å². The molecule has 12 heteroatoms. The Balaban J connectivity index is 1.80. The van der Waals surface area contributed by atoms with Gasteiger partial charge in [-0.25, -0.2) is 20.4 Å². The summed E-state index contributed by atoms with van der Waals surface area (Å²) >= 11 is 0. The van der Waals surface area contributed by atoms with Gasteiger partial charge < -0.3 is 16.4 Å². The maximum absolute atomic E-state index is 15.3. The summed E-state index contributed by atoms with van der Waals surface area (Å²) < 4.78 is 35.4. The first-order chi connectivity index (χ1) is 14.8. The smallest absolute Gasteiger partial charge is 0.331 e. The molecule has 1 saturated heterocycles. The third kappa shape index (κ3) is 3.99. The van der Waals surface area contributed by atoms with Crippen molar-refractivity contribution in [2.45, 2.75) is 31.9 Å². The van der Waals surface area contributed by atoms with Gasteiger partial charge in [0.05, 0.1) is 6.54 Å². The van der Waals surface area contributed by atoms with Crippen molar-refractivity contribution in [3.8, 4) is 0 Å². The normalized spacial score (nSPS) is 16.7. The molecule has 0 spiro atoms. The van der Waals surface area contributed by atoms with Gasteiger partial charge in [-0.1, -0.05) is 40.6 Å². The molecule has 1 fully saturated rings. The molecular formula is C19H23F2N9O. The molecular weight excluding hydrogens is 408 g/mol. The molecule has 3 heterocycles. The highest BCUT2D eigenvalue weighted by molar-refractivity contribution is 5.76. The number of rotatable bonds is 6. The Morgan fingerprint density at radius 2 is 1.97 bits per heavy atom. The third-order valence-corrected chi connectivity index (χ3v) is 5.19. The monoisotopic (exact) mass is 431 g/mol. The fraction of sp³-hybridized carbons (Fsp3) is 0.368. The highest BCUT2D eigenvalue weighted by atomic mass is 19.3. The van der Waals surface area contributed by atoms with E-state index in [1.165, 1.54) is 24.3 Å². The van der Waals surface area contributed by atoms with Crippen LogP contribution in [0.3, 0.4) is 0 Å². The molecule has 0 radical (unpaired) electrons. The summed E-state index contributed by atoms with van der Waals surface area (Å²) in [4.78, 5) is 9.98. The van der Waals surface area contributed by atoms with Crippen LogP contribution in [0.1, 0.15) is 29.2 Å². The molecule has 31 heavy (non-hydrogen) atoms. The quantitative estimate of drug-likeness (QED) is 0.385. The Hall–Kier alpha value is -3.38. The van der Waals surface area contributed by atoms with Crippen LogP contribution < -0.4 is 27.2 Å². The summed E-state index contributed by atoms with van der Waals surface area (Å²) in [7, 11) is 0. The number of aryl methyl sites for hydroxylation is 1. The van der Waals surface area contributed by atoms with Crippen molar-refractivity contribution in [2.75, 3.05) is 28.7 Å². The van der Waals surface area contributed by atoms with E-state index in [0.717, 1.165) is 5.01 Å². The number of aromatic nitrogens is 4. The number of benzene rings is 1. The van der Waals surface area contributed by atoms with Gasteiger partial charge in [-0.3, -0.25) is 5.01 Å². The number of nitrogens with zero attached hydrogens (tertiary/aromatic N) is 6. The molecule has 164 valence electrons. The van der Waals surface area contributed by atoms with Crippen molar-refractivity contribution in [1.82, 2.24) is 20.3 Å². The lowest BCUT2D eigenvalue weighted by molar-refractivity contribution is 0.0330. The molecule has 0 amide bonds. The minimum atomic E-state index is -3.47. The van der Waals surface area contributed by atoms with E-state index in [-0.39, 0.29) is 35.5 Å². The first-order valence-electron chi connectivity index (χ1n) is 9.69. The van der Waals surface area contributed by atoms with Crippen molar-refractivity contribution in [1.29, 1.82) is 0 Å². The van der Waals surface area contributed by atoms with Crippen LogP contribution in [0, 0.1) is 6.92 Å². The summed E-state index contributed by atoms with van der Waals surface area (Å²) in [5.74, 6) is 2.13. The van der Waals surface area contributed by atoms with Gasteiger partial charge in [-0.05, 0) is 13.3 Å². The molecule has 3 aromatic rings. The summed E-state index contributed by atoms with van der Waals surface area (Å²) in [6.45, 7) is 2.67. The van der Waals surface area contributed by atoms with Gasteiger partial charge >= 0.3 is 5.92 Å². The molecule has 1 aliphatic heterocycles. The lowest BCUT2D eigenvalue weighted by Gasteiger charge is -2.26. The molecule has 1 aromatic carbocycles. The molecule has 2 aromatic heterocycles. The van der Waals surface area contributed by atoms with Crippen LogP contribution in [0.25, 0.3) is 0 Å². The largest absolute Gasteiger partial charge is 0.393 e. The molecule has 1 atom stereocenters. The molecule has 0 bridgehead atoms. The highest BCUT2D eigenvalue weighted by Crippen LogP contribution is 2.39. The van der Waals surface area contributed by atoms with Crippen molar-refractivity contribution in [3.63, 3.8) is 0 Å². The van der Waals surface area contributed by atoms with E-state index < -0.39 is 11.7 Å². The number of nitrogen functional groups attached to an aromatic ring is 1. The summed E-state index contributed by atoms with van der Waals surface area (Å²) in [6, 6.07) is 7.23. The van der Waals surface area contributed by atoms with Crippen LogP contribution >= 0.6 is 0 Å². The van der Waals surface area contributed by atoms with E-state index >= 15 is 8.78 Å². The fourth-order valence-electron chi connectivity index (χ4n) is 3.43. The van der Waals surface area contributed by atoms with E-state index in [2.05, 4.69) is 24.9 Å². The molecule has 6 N–H and O–H groups in total. The molecule has 1 unspecified atom stereocenters. The molecule has 0 aliphatic carbocycles. The Kier molecular flexibility index (Phi) is 5.41. The third-order valence-electron chi connectivity index (χ3n) is 5.19. The number of nitrogens with two attached hydrogens (primary N) is 3. The SMILES string of the molecule is Cc1nonc1CN(N)c1nc(C(F)(F)c2ccccc2)nc(N2CCC(N)C2)c1N. The second-order valence-electron chi connectivity index (χ2n) is 7.47. The first-order valence-corrected chi connectivity index (χ1v) is 9.69. The molecule has 4 rings (SSSR count). The maximum Gasteiger partial charge on any atom is 0.331 e. The number of alkyl halides is 2. The van der Waals surface area contributed by atoms with Crippen molar-refractivity contribution in [3.05, 3.63) is 53.1 Å². The number of hydrogen-bond acceptors (Lipinski definition) is 10. The van der Waals surface area contributed by atoms with E-state index in [9.17, 15) is 0 Å². The Morgan fingerprint density at radius 1 is 1.23 bits per heavy atom. The number of hydrazine groups is 1. The second-order valence-corrected chi connectivity index (χ2v) is 7.47.